The number of aryl methyl sites for hydroxylation is 1. The molecule has 3 rings (SSSR count). The molecule has 0 bridgehead atoms. The number of anilines is 1. The van der Waals surface area contributed by atoms with E-state index < -0.39 is 45.6 Å². The molecule has 2 aromatic heterocycles. The summed E-state index contributed by atoms with van der Waals surface area (Å²) in [6, 6.07) is -1.06. The number of amides is 1. The number of aromatic nitrogens is 3. The number of carbonyl (C=O) groups excluding carboxylic acids is 1. The van der Waals surface area contributed by atoms with Crippen molar-refractivity contribution >= 4 is 33.2 Å². The van der Waals surface area contributed by atoms with Gasteiger partial charge in [-0.3, -0.25) is 9.48 Å². The highest BCUT2D eigenvalue weighted by Gasteiger charge is 2.38. The van der Waals surface area contributed by atoms with Crippen LogP contribution in [-0.2, 0) is 16.4 Å². The zero-order valence-corrected chi connectivity index (χ0v) is 23.6. The molecule has 0 aliphatic heterocycles. The Bertz CT molecular complexity index is 1300. The van der Waals surface area contributed by atoms with E-state index in [2.05, 4.69) is 25.5 Å². The summed E-state index contributed by atoms with van der Waals surface area (Å²) in [6.07, 6.45) is -0.446. The van der Waals surface area contributed by atoms with Crippen LogP contribution in [-0.4, -0.2) is 66.0 Å². The first-order valence-electron chi connectivity index (χ1n) is 12.7. The van der Waals surface area contributed by atoms with E-state index in [0.29, 0.717) is 25.7 Å². The number of sulfone groups is 1. The summed E-state index contributed by atoms with van der Waals surface area (Å²) in [5, 5.41) is 8.56. The van der Waals surface area contributed by atoms with Crippen molar-refractivity contribution in [3.8, 4) is 17.0 Å². The van der Waals surface area contributed by atoms with Gasteiger partial charge in [0.15, 0.2) is 5.69 Å². The molecule has 1 fully saturated rings. The molecule has 0 spiro atoms. The summed E-state index contributed by atoms with van der Waals surface area (Å²) in [6.45, 7) is 0.0946. The summed E-state index contributed by atoms with van der Waals surface area (Å²) < 4.78 is 95.5. The van der Waals surface area contributed by atoms with Gasteiger partial charge in [-0.25, -0.2) is 13.4 Å². The lowest BCUT2D eigenvalue weighted by Crippen LogP contribution is -2.35. The van der Waals surface area contributed by atoms with Gasteiger partial charge in [0.1, 0.15) is 27.4 Å². The Balaban J connectivity index is 1.85. The number of rotatable bonds is 11. The van der Waals surface area contributed by atoms with Crippen molar-refractivity contribution in [1.29, 1.82) is 0 Å². The average molecular weight is 616 g/mol. The maximum atomic E-state index is 13.3. The molecule has 0 aromatic carbocycles. The zero-order chi connectivity index (χ0) is 29.8. The number of carbonyl (C=O) groups is 1. The molecular weight excluding hydrogens is 585 g/mol. The lowest BCUT2D eigenvalue weighted by atomic mass is 9.89. The van der Waals surface area contributed by atoms with Crippen LogP contribution in [0.2, 0.25) is 5.02 Å². The van der Waals surface area contributed by atoms with Crippen LogP contribution in [0.1, 0.15) is 56.4 Å². The minimum Gasteiger partial charge on any atom is -0.434 e. The first kappa shape index (κ1) is 31.8. The van der Waals surface area contributed by atoms with Gasteiger partial charge in [0, 0.05) is 31.6 Å². The summed E-state index contributed by atoms with van der Waals surface area (Å²) in [4.78, 5) is 16.9. The van der Waals surface area contributed by atoms with Gasteiger partial charge in [0.05, 0.1) is 21.5 Å². The van der Waals surface area contributed by atoms with Crippen LogP contribution in [0.25, 0.3) is 11.3 Å². The number of ether oxygens (including phenoxy) is 1. The maximum absolute atomic E-state index is 13.3. The molecule has 1 amide bonds. The highest BCUT2D eigenvalue weighted by atomic mass is 35.5. The molecular formula is C24H31ClF5N5O4S. The normalized spacial score (nSPS) is 18.9. The van der Waals surface area contributed by atoms with Crippen LogP contribution < -0.4 is 15.4 Å². The number of nitrogens with zero attached hydrogens (tertiary/aromatic N) is 3. The quantitative estimate of drug-likeness (QED) is 0.329. The molecule has 1 saturated carbocycles. The lowest BCUT2D eigenvalue weighted by molar-refractivity contribution is -0.142. The van der Waals surface area contributed by atoms with Crippen LogP contribution in [0.5, 0.6) is 5.75 Å². The number of alkyl halides is 5. The van der Waals surface area contributed by atoms with Crippen LogP contribution >= 0.6 is 11.6 Å². The van der Waals surface area contributed by atoms with Crippen LogP contribution in [0, 0.1) is 5.92 Å². The lowest BCUT2D eigenvalue weighted by Gasteiger charge is -2.27. The molecule has 2 N–H and O–H groups in total. The fraction of sp³-hybridized carbons (Fsp3) is 0.625. The SMILES string of the molecule is CC[C@H](Nc1cc(OC(F)F)c(-c2c(Cl)c(C(=O)NCC3CCC(S(C)(=O)=O)CC3)nn2CC)cn1)C(F)(F)F. The average Bonchev–Trinajstić information content (AvgIpc) is 3.20. The molecule has 16 heteroatoms. The van der Waals surface area contributed by atoms with Gasteiger partial charge in [0.2, 0.25) is 0 Å². The maximum Gasteiger partial charge on any atom is 0.408 e. The van der Waals surface area contributed by atoms with Crippen molar-refractivity contribution in [3.05, 3.63) is 23.0 Å². The summed E-state index contributed by atoms with van der Waals surface area (Å²) in [5.41, 5.74) is -0.249. The molecule has 1 aliphatic carbocycles. The van der Waals surface area contributed by atoms with Crippen molar-refractivity contribution < 1.29 is 39.9 Å². The topological polar surface area (TPSA) is 115 Å². The third-order valence-electron chi connectivity index (χ3n) is 6.82. The van der Waals surface area contributed by atoms with E-state index in [0.717, 1.165) is 12.3 Å². The minimum absolute atomic E-state index is 0.0283. The van der Waals surface area contributed by atoms with Crippen molar-refractivity contribution in [2.75, 3.05) is 18.1 Å². The second-order valence-electron chi connectivity index (χ2n) is 9.60. The Morgan fingerprint density at radius 3 is 2.40 bits per heavy atom. The van der Waals surface area contributed by atoms with Gasteiger partial charge in [-0.05, 0) is 44.9 Å². The van der Waals surface area contributed by atoms with E-state index in [1.807, 2.05) is 0 Å². The van der Waals surface area contributed by atoms with Gasteiger partial charge in [0.25, 0.3) is 5.91 Å². The second kappa shape index (κ2) is 12.9. The fourth-order valence-electron chi connectivity index (χ4n) is 4.64. The smallest absolute Gasteiger partial charge is 0.408 e. The zero-order valence-electron chi connectivity index (χ0n) is 22.1. The van der Waals surface area contributed by atoms with E-state index in [1.165, 1.54) is 17.9 Å². The summed E-state index contributed by atoms with van der Waals surface area (Å²) in [7, 11) is -3.12. The Morgan fingerprint density at radius 2 is 1.88 bits per heavy atom. The van der Waals surface area contributed by atoms with Gasteiger partial charge >= 0.3 is 12.8 Å². The Morgan fingerprint density at radius 1 is 1.23 bits per heavy atom. The standard InChI is InChI=1S/C24H31ClF5N5O4S/c1-4-17(24(28,29)30)33-18-10-16(39-23(26)27)15(12-31-18)21-19(25)20(34-35(21)5-2)22(36)32-11-13-6-8-14(9-7-13)40(3,37)38/h10,12-14,17,23H,4-9,11H2,1-3H3,(H,31,33)(H,32,36)/t13?,14?,17-/m0/s1. The van der Waals surface area contributed by atoms with E-state index in [-0.39, 0.29) is 53.2 Å². The monoisotopic (exact) mass is 615 g/mol. The first-order valence-corrected chi connectivity index (χ1v) is 15.0. The third-order valence-corrected chi connectivity index (χ3v) is 8.86. The number of hydrogen-bond acceptors (Lipinski definition) is 7. The number of hydrogen-bond donors (Lipinski definition) is 2. The van der Waals surface area contributed by atoms with Gasteiger partial charge < -0.3 is 15.4 Å². The molecule has 0 saturated heterocycles. The van der Waals surface area contributed by atoms with Crippen molar-refractivity contribution in [2.24, 2.45) is 5.92 Å². The second-order valence-corrected chi connectivity index (χ2v) is 12.3. The van der Waals surface area contributed by atoms with Crippen molar-refractivity contribution in [1.82, 2.24) is 20.1 Å². The fourth-order valence-corrected chi connectivity index (χ4v) is 6.09. The Hall–Kier alpha value is -2.68. The van der Waals surface area contributed by atoms with Crippen LogP contribution in [0.15, 0.2) is 12.3 Å². The van der Waals surface area contributed by atoms with Crippen molar-refractivity contribution in [3.63, 3.8) is 0 Å². The predicted molar refractivity (Wildman–Crippen MR) is 139 cm³/mol. The van der Waals surface area contributed by atoms with E-state index in [1.54, 1.807) is 6.92 Å². The Labute approximate surface area is 233 Å². The highest BCUT2D eigenvalue weighted by molar-refractivity contribution is 7.91. The predicted octanol–water partition coefficient (Wildman–Crippen LogP) is 5.31. The molecule has 0 unspecified atom stereocenters. The highest BCUT2D eigenvalue weighted by Crippen LogP contribution is 2.39. The molecule has 0 radical (unpaired) electrons. The molecule has 2 aromatic rings. The van der Waals surface area contributed by atoms with Crippen molar-refractivity contribution in [2.45, 2.75) is 76.6 Å². The van der Waals surface area contributed by atoms with Crippen LogP contribution in [0.3, 0.4) is 0 Å². The molecule has 1 atom stereocenters. The minimum atomic E-state index is -4.60. The molecule has 40 heavy (non-hydrogen) atoms. The Kier molecular flexibility index (Phi) is 10.3. The first-order chi connectivity index (χ1) is 18.6. The number of nitrogens with one attached hydrogen (secondary N) is 2. The molecule has 2 heterocycles. The number of halogens is 6. The van der Waals surface area contributed by atoms with Gasteiger partial charge in [-0.15, -0.1) is 0 Å². The molecule has 224 valence electrons. The summed E-state index contributed by atoms with van der Waals surface area (Å²) in [5.74, 6) is -1.41. The largest absolute Gasteiger partial charge is 0.434 e. The third kappa shape index (κ3) is 7.74. The summed E-state index contributed by atoms with van der Waals surface area (Å²) >= 11 is 6.50. The number of pyridine rings is 1. The van der Waals surface area contributed by atoms with E-state index >= 15 is 0 Å². The van der Waals surface area contributed by atoms with Gasteiger partial charge in [-0.1, -0.05) is 18.5 Å². The van der Waals surface area contributed by atoms with Gasteiger partial charge in [-0.2, -0.15) is 27.1 Å². The van der Waals surface area contributed by atoms with E-state index in [9.17, 15) is 35.2 Å². The molecule has 9 nitrogen and oxygen atoms in total. The van der Waals surface area contributed by atoms with Crippen LogP contribution in [0.4, 0.5) is 27.8 Å². The molecule has 1 aliphatic rings. The van der Waals surface area contributed by atoms with E-state index in [4.69, 9.17) is 11.6 Å².